The molecule has 1 aromatic heterocycles. The fourth-order valence-corrected chi connectivity index (χ4v) is 4.46. The molecule has 13 heteroatoms. The zero-order chi connectivity index (χ0) is 28.5. The van der Waals surface area contributed by atoms with Crippen molar-refractivity contribution in [3.05, 3.63) is 106 Å². The number of halogens is 3. The topological polar surface area (TPSA) is 136 Å². The number of carbonyl (C=O) groups is 2. The van der Waals surface area contributed by atoms with Crippen molar-refractivity contribution in [3.8, 4) is 5.75 Å². The first-order valence-electron chi connectivity index (χ1n) is 11.7. The van der Waals surface area contributed by atoms with Gasteiger partial charge in [-0.3, -0.25) is 25.2 Å². The van der Waals surface area contributed by atoms with E-state index in [-0.39, 0.29) is 33.8 Å². The SMILES string of the molecule is O=C(Nc1ccc(C2=NNC(=O)[C@@](c3cccc4ncccc34)(C(F)(F)F)C2)cc1)Oc1ccc([N+](=O)[O-])cc1. The summed E-state index contributed by atoms with van der Waals surface area (Å²) in [6.07, 6.45) is -5.15. The van der Waals surface area contributed by atoms with Gasteiger partial charge in [-0.2, -0.15) is 18.3 Å². The van der Waals surface area contributed by atoms with Gasteiger partial charge in [0, 0.05) is 35.8 Å². The largest absolute Gasteiger partial charge is 0.417 e. The smallest absolute Gasteiger partial charge is 0.410 e. The molecule has 5 rings (SSSR count). The Morgan fingerprint density at radius 1 is 1.02 bits per heavy atom. The summed E-state index contributed by atoms with van der Waals surface area (Å²) in [5, 5.41) is 17.3. The van der Waals surface area contributed by atoms with Gasteiger partial charge in [-0.1, -0.05) is 30.3 Å². The second kappa shape index (κ2) is 10.1. The summed E-state index contributed by atoms with van der Waals surface area (Å²) >= 11 is 0. The standard InChI is InChI=1S/C27H18F3N5O5/c28-27(29,30)26(21-4-1-5-22-20(21)3-2-14-31-22)15-23(33-34-24(26)36)16-6-8-17(9-7-16)32-25(37)40-19-12-10-18(11-13-19)35(38)39/h1-14H,15H2,(H,32,37)(H,34,36)/t26-/m1/s1. The van der Waals surface area contributed by atoms with Crippen LogP contribution < -0.4 is 15.5 Å². The number of benzene rings is 3. The van der Waals surface area contributed by atoms with Gasteiger partial charge in [0.2, 0.25) is 0 Å². The number of pyridine rings is 1. The fourth-order valence-electron chi connectivity index (χ4n) is 4.46. The molecule has 2 N–H and O–H groups in total. The molecular formula is C27H18F3N5O5. The van der Waals surface area contributed by atoms with Crippen molar-refractivity contribution in [2.45, 2.75) is 18.0 Å². The number of nitrogens with zero attached hydrogens (tertiary/aromatic N) is 3. The van der Waals surface area contributed by atoms with E-state index in [1.54, 1.807) is 6.07 Å². The molecule has 2 heterocycles. The van der Waals surface area contributed by atoms with E-state index in [9.17, 15) is 32.9 Å². The summed E-state index contributed by atoms with van der Waals surface area (Å²) in [5.41, 5.74) is -0.413. The minimum absolute atomic E-state index is 0.0159. The number of non-ortho nitro benzene ring substituents is 1. The molecule has 40 heavy (non-hydrogen) atoms. The number of alkyl halides is 3. The lowest BCUT2D eigenvalue weighted by molar-refractivity contribution is -0.384. The molecule has 1 aliphatic heterocycles. The summed E-state index contributed by atoms with van der Waals surface area (Å²) in [6, 6.07) is 17.9. The molecule has 0 saturated heterocycles. The van der Waals surface area contributed by atoms with Crippen LogP contribution in [0.2, 0.25) is 0 Å². The lowest BCUT2D eigenvalue weighted by Gasteiger charge is -2.37. The highest BCUT2D eigenvalue weighted by molar-refractivity contribution is 6.09. The molecule has 2 amide bonds. The zero-order valence-electron chi connectivity index (χ0n) is 20.3. The van der Waals surface area contributed by atoms with Crippen molar-refractivity contribution >= 4 is 40.0 Å². The van der Waals surface area contributed by atoms with Crippen molar-refractivity contribution in [1.29, 1.82) is 0 Å². The van der Waals surface area contributed by atoms with Crippen molar-refractivity contribution in [1.82, 2.24) is 10.4 Å². The second-order valence-corrected chi connectivity index (χ2v) is 8.80. The number of nitro groups is 1. The Hall–Kier alpha value is -5.33. The minimum atomic E-state index is -4.97. The van der Waals surface area contributed by atoms with Crippen molar-refractivity contribution in [2.75, 3.05) is 5.32 Å². The Kier molecular flexibility index (Phi) is 6.63. The summed E-state index contributed by atoms with van der Waals surface area (Å²) in [6.45, 7) is 0. The van der Waals surface area contributed by atoms with E-state index in [0.29, 0.717) is 11.1 Å². The quantitative estimate of drug-likeness (QED) is 0.250. The molecule has 1 aliphatic rings. The number of anilines is 1. The number of nitro benzene ring substituents is 1. The predicted molar refractivity (Wildman–Crippen MR) is 138 cm³/mol. The first kappa shape index (κ1) is 26.3. The van der Waals surface area contributed by atoms with E-state index in [4.69, 9.17) is 4.74 Å². The highest BCUT2D eigenvalue weighted by atomic mass is 19.4. The molecule has 0 saturated carbocycles. The second-order valence-electron chi connectivity index (χ2n) is 8.80. The highest BCUT2D eigenvalue weighted by Crippen LogP contribution is 2.48. The Bertz CT molecular complexity index is 1650. The Balaban J connectivity index is 1.38. The number of hydrogen-bond donors (Lipinski definition) is 2. The van der Waals surface area contributed by atoms with Crippen LogP contribution in [-0.2, 0) is 10.2 Å². The summed E-state index contributed by atoms with van der Waals surface area (Å²) in [4.78, 5) is 39.4. The van der Waals surface area contributed by atoms with Crippen LogP contribution in [0.4, 0.5) is 29.3 Å². The first-order chi connectivity index (χ1) is 19.1. The van der Waals surface area contributed by atoms with Gasteiger partial charge in [-0.15, -0.1) is 0 Å². The Morgan fingerprint density at radius 2 is 1.75 bits per heavy atom. The molecule has 0 aliphatic carbocycles. The van der Waals surface area contributed by atoms with Gasteiger partial charge in [0.15, 0.2) is 5.41 Å². The lowest BCUT2D eigenvalue weighted by Crippen LogP contribution is -2.57. The molecule has 4 aromatic rings. The number of fused-ring (bicyclic) bond motifs is 1. The maximum atomic E-state index is 14.8. The van der Waals surface area contributed by atoms with E-state index >= 15 is 0 Å². The number of rotatable bonds is 5. The maximum absolute atomic E-state index is 14.8. The molecule has 3 aromatic carbocycles. The van der Waals surface area contributed by atoms with Gasteiger partial charge in [0.05, 0.1) is 16.2 Å². The highest BCUT2D eigenvalue weighted by Gasteiger charge is 2.63. The third-order valence-electron chi connectivity index (χ3n) is 6.42. The zero-order valence-corrected chi connectivity index (χ0v) is 20.3. The van der Waals surface area contributed by atoms with E-state index in [2.05, 4.69) is 20.8 Å². The number of ether oxygens (including phenoxy) is 1. The molecular weight excluding hydrogens is 531 g/mol. The third-order valence-corrected chi connectivity index (χ3v) is 6.42. The normalized spacial score (nSPS) is 17.1. The molecule has 10 nitrogen and oxygen atoms in total. The molecule has 0 radical (unpaired) electrons. The molecule has 202 valence electrons. The summed E-state index contributed by atoms with van der Waals surface area (Å²) in [7, 11) is 0. The number of hydrogen-bond acceptors (Lipinski definition) is 7. The molecule has 1 atom stereocenters. The van der Waals surface area contributed by atoms with Gasteiger partial charge >= 0.3 is 12.3 Å². The van der Waals surface area contributed by atoms with Crippen molar-refractivity contribution in [3.63, 3.8) is 0 Å². The van der Waals surface area contributed by atoms with Crippen molar-refractivity contribution < 1.29 is 32.4 Å². The van der Waals surface area contributed by atoms with E-state index in [1.165, 1.54) is 79.0 Å². The van der Waals surface area contributed by atoms with E-state index in [1.807, 2.05) is 0 Å². The predicted octanol–water partition coefficient (Wildman–Crippen LogP) is 5.48. The number of hydrazone groups is 1. The van der Waals surface area contributed by atoms with Gasteiger partial charge in [0.25, 0.3) is 11.6 Å². The van der Waals surface area contributed by atoms with Gasteiger partial charge in [-0.05, 0) is 47.5 Å². The van der Waals surface area contributed by atoms with Gasteiger partial charge < -0.3 is 4.74 Å². The van der Waals surface area contributed by atoms with Crippen LogP contribution in [0.15, 0.2) is 90.2 Å². The Morgan fingerprint density at radius 3 is 2.42 bits per heavy atom. The average molecular weight is 549 g/mol. The molecule has 0 spiro atoms. The summed E-state index contributed by atoms with van der Waals surface area (Å²) < 4.78 is 49.4. The third kappa shape index (κ3) is 4.79. The summed E-state index contributed by atoms with van der Waals surface area (Å²) in [5.74, 6) is -1.23. The molecule has 0 bridgehead atoms. The maximum Gasteiger partial charge on any atom is 0.417 e. The number of carbonyl (C=O) groups excluding carboxylic acids is 2. The van der Waals surface area contributed by atoms with Crippen LogP contribution in [-0.4, -0.2) is 33.8 Å². The first-order valence-corrected chi connectivity index (χ1v) is 11.7. The molecule has 0 unspecified atom stereocenters. The minimum Gasteiger partial charge on any atom is -0.410 e. The number of aromatic nitrogens is 1. The lowest BCUT2D eigenvalue weighted by atomic mass is 9.71. The molecule has 0 fully saturated rings. The van der Waals surface area contributed by atoms with E-state index in [0.717, 1.165) is 0 Å². The Labute approximate surface area is 223 Å². The van der Waals surface area contributed by atoms with Crippen LogP contribution in [0, 0.1) is 10.1 Å². The van der Waals surface area contributed by atoms with Gasteiger partial charge in [0.1, 0.15) is 5.75 Å². The number of nitrogens with one attached hydrogen (secondary N) is 2. The monoisotopic (exact) mass is 549 g/mol. The van der Waals surface area contributed by atoms with Crippen LogP contribution >= 0.6 is 0 Å². The van der Waals surface area contributed by atoms with E-state index < -0.39 is 34.9 Å². The fraction of sp³-hybridized carbons (Fsp3) is 0.111. The van der Waals surface area contributed by atoms with Gasteiger partial charge in [-0.25, -0.2) is 10.2 Å². The van der Waals surface area contributed by atoms with Crippen molar-refractivity contribution in [2.24, 2.45) is 5.10 Å². The average Bonchev–Trinajstić information content (AvgIpc) is 2.93. The van der Waals surface area contributed by atoms with Crippen LogP contribution in [0.25, 0.3) is 10.9 Å². The van der Waals surface area contributed by atoms with Crippen LogP contribution in [0.5, 0.6) is 5.75 Å². The number of amides is 2. The van der Waals surface area contributed by atoms with Crippen LogP contribution in [0.3, 0.4) is 0 Å². The van der Waals surface area contributed by atoms with Crippen LogP contribution in [0.1, 0.15) is 17.5 Å².